The molecule has 0 bridgehead atoms. The molecule has 1 heterocycles. The molecule has 0 amide bonds. The van der Waals surface area contributed by atoms with E-state index in [4.69, 9.17) is 19.9 Å². The van der Waals surface area contributed by atoms with E-state index in [0.29, 0.717) is 25.4 Å². The Hall–Kier alpha value is -1.46. The quantitative estimate of drug-likeness (QED) is 0.750. The Morgan fingerprint density at radius 3 is 2.95 bits per heavy atom. The maximum absolute atomic E-state index is 6.13. The molecule has 1 fully saturated rings. The van der Waals surface area contributed by atoms with Crippen LogP contribution < -0.4 is 15.8 Å². The Kier molecular flexibility index (Phi) is 5.09. The van der Waals surface area contributed by atoms with Crippen LogP contribution in [0.4, 0.5) is 11.4 Å². The van der Waals surface area contributed by atoms with E-state index < -0.39 is 0 Å². The van der Waals surface area contributed by atoms with Gasteiger partial charge in [-0.15, -0.1) is 0 Å². The molecule has 20 heavy (non-hydrogen) atoms. The van der Waals surface area contributed by atoms with Crippen LogP contribution in [0.3, 0.4) is 0 Å². The fourth-order valence-corrected chi connectivity index (χ4v) is 2.25. The number of anilines is 2. The fraction of sp³-hybridized carbons (Fsp3) is 0.600. The number of nitrogens with one attached hydrogen (secondary N) is 1. The minimum Gasteiger partial charge on any atom is -0.491 e. The standard InChI is InChI=1S/C15H24N2O3/c1-3-8-20-13-6-4-5-12(14(13)16)17-10-15(18-2)7-9-19-11-15/h4-6,17H,3,7-11,16H2,1-2H3. The molecule has 1 atom stereocenters. The zero-order valence-corrected chi connectivity index (χ0v) is 12.3. The van der Waals surface area contributed by atoms with Crippen molar-refractivity contribution in [2.45, 2.75) is 25.4 Å². The number of benzene rings is 1. The second-order valence-corrected chi connectivity index (χ2v) is 5.11. The first-order chi connectivity index (χ1) is 9.71. The molecule has 5 heteroatoms. The first-order valence-electron chi connectivity index (χ1n) is 7.09. The Morgan fingerprint density at radius 2 is 2.30 bits per heavy atom. The molecule has 1 saturated heterocycles. The SMILES string of the molecule is CCCOc1cccc(NCC2(OC)CCOC2)c1N. The van der Waals surface area contributed by atoms with E-state index in [9.17, 15) is 0 Å². The third-order valence-corrected chi connectivity index (χ3v) is 3.63. The normalized spacial score (nSPS) is 21.9. The Morgan fingerprint density at radius 1 is 1.45 bits per heavy atom. The van der Waals surface area contributed by atoms with Crippen LogP contribution in [-0.2, 0) is 9.47 Å². The topological polar surface area (TPSA) is 65.7 Å². The monoisotopic (exact) mass is 280 g/mol. The number of ether oxygens (including phenoxy) is 3. The molecule has 0 aliphatic carbocycles. The number of para-hydroxylation sites is 1. The van der Waals surface area contributed by atoms with Gasteiger partial charge in [0.25, 0.3) is 0 Å². The van der Waals surface area contributed by atoms with Crippen molar-refractivity contribution in [3.63, 3.8) is 0 Å². The average molecular weight is 280 g/mol. The van der Waals surface area contributed by atoms with Crippen LogP contribution >= 0.6 is 0 Å². The van der Waals surface area contributed by atoms with Gasteiger partial charge in [-0.1, -0.05) is 13.0 Å². The highest BCUT2D eigenvalue weighted by atomic mass is 16.5. The first kappa shape index (κ1) is 14.9. The minimum atomic E-state index is -0.257. The zero-order valence-electron chi connectivity index (χ0n) is 12.3. The maximum Gasteiger partial charge on any atom is 0.144 e. The van der Waals surface area contributed by atoms with E-state index in [1.807, 2.05) is 18.2 Å². The van der Waals surface area contributed by atoms with Gasteiger partial charge in [-0.2, -0.15) is 0 Å². The van der Waals surface area contributed by atoms with Crippen molar-refractivity contribution >= 4 is 11.4 Å². The van der Waals surface area contributed by atoms with Gasteiger partial charge in [0.1, 0.15) is 11.4 Å². The lowest BCUT2D eigenvalue weighted by Gasteiger charge is -2.27. The van der Waals surface area contributed by atoms with Crippen molar-refractivity contribution in [1.82, 2.24) is 0 Å². The van der Waals surface area contributed by atoms with Crippen LogP contribution in [0.2, 0.25) is 0 Å². The molecule has 5 nitrogen and oxygen atoms in total. The zero-order chi connectivity index (χ0) is 14.4. The summed E-state index contributed by atoms with van der Waals surface area (Å²) in [4.78, 5) is 0. The number of methoxy groups -OCH3 is 1. The van der Waals surface area contributed by atoms with E-state index in [-0.39, 0.29) is 5.60 Å². The van der Waals surface area contributed by atoms with Gasteiger partial charge in [0.15, 0.2) is 0 Å². The molecule has 1 aromatic rings. The van der Waals surface area contributed by atoms with Gasteiger partial charge in [-0.3, -0.25) is 0 Å². The predicted molar refractivity (Wildman–Crippen MR) is 80.3 cm³/mol. The van der Waals surface area contributed by atoms with E-state index >= 15 is 0 Å². The Labute approximate surface area is 120 Å². The molecule has 1 unspecified atom stereocenters. The highest BCUT2D eigenvalue weighted by Gasteiger charge is 2.34. The second kappa shape index (κ2) is 6.81. The molecular formula is C15H24N2O3. The van der Waals surface area contributed by atoms with Crippen molar-refractivity contribution in [3.8, 4) is 5.75 Å². The molecule has 1 aliphatic rings. The maximum atomic E-state index is 6.13. The summed E-state index contributed by atoms with van der Waals surface area (Å²) in [5, 5.41) is 3.35. The molecule has 0 aromatic heterocycles. The summed E-state index contributed by atoms with van der Waals surface area (Å²) in [7, 11) is 1.72. The Bertz CT molecular complexity index is 431. The molecular weight excluding hydrogens is 256 g/mol. The first-order valence-corrected chi connectivity index (χ1v) is 7.09. The smallest absolute Gasteiger partial charge is 0.144 e. The van der Waals surface area contributed by atoms with E-state index in [1.54, 1.807) is 7.11 Å². The molecule has 0 saturated carbocycles. The molecule has 3 N–H and O–H groups in total. The van der Waals surface area contributed by atoms with Crippen molar-refractivity contribution in [2.24, 2.45) is 0 Å². The largest absolute Gasteiger partial charge is 0.491 e. The van der Waals surface area contributed by atoms with Crippen molar-refractivity contribution < 1.29 is 14.2 Å². The van der Waals surface area contributed by atoms with Crippen LogP contribution in [0.25, 0.3) is 0 Å². The van der Waals surface area contributed by atoms with Crippen molar-refractivity contribution in [2.75, 3.05) is 44.5 Å². The van der Waals surface area contributed by atoms with Gasteiger partial charge in [0.2, 0.25) is 0 Å². The third kappa shape index (κ3) is 3.35. The highest BCUT2D eigenvalue weighted by Crippen LogP contribution is 2.31. The second-order valence-electron chi connectivity index (χ2n) is 5.11. The summed E-state index contributed by atoms with van der Waals surface area (Å²) in [6.45, 7) is 4.77. The number of hydrogen-bond acceptors (Lipinski definition) is 5. The summed E-state index contributed by atoms with van der Waals surface area (Å²) in [6, 6.07) is 5.78. The van der Waals surface area contributed by atoms with Gasteiger partial charge in [0.05, 0.1) is 24.6 Å². The van der Waals surface area contributed by atoms with Crippen LogP contribution in [0.15, 0.2) is 18.2 Å². The molecule has 112 valence electrons. The van der Waals surface area contributed by atoms with Gasteiger partial charge < -0.3 is 25.3 Å². The molecule has 0 radical (unpaired) electrons. The predicted octanol–water partition coefficient (Wildman–Crippen LogP) is 2.27. The summed E-state index contributed by atoms with van der Waals surface area (Å²) in [6.07, 6.45) is 1.85. The highest BCUT2D eigenvalue weighted by molar-refractivity contribution is 5.73. The number of nitrogen functional groups attached to an aromatic ring is 1. The Balaban J connectivity index is 2.02. The van der Waals surface area contributed by atoms with Gasteiger partial charge in [0, 0.05) is 26.7 Å². The number of hydrogen-bond donors (Lipinski definition) is 2. The summed E-state index contributed by atoms with van der Waals surface area (Å²) in [5.74, 6) is 0.728. The van der Waals surface area contributed by atoms with Crippen LogP contribution in [0.1, 0.15) is 19.8 Å². The number of nitrogens with two attached hydrogens (primary N) is 1. The van der Waals surface area contributed by atoms with E-state index in [2.05, 4.69) is 12.2 Å². The van der Waals surface area contributed by atoms with Gasteiger partial charge >= 0.3 is 0 Å². The van der Waals surface area contributed by atoms with E-state index in [1.165, 1.54) is 0 Å². The van der Waals surface area contributed by atoms with Crippen molar-refractivity contribution in [1.29, 1.82) is 0 Å². The van der Waals surface area contributed by atoms with E-state index in [0.717, 1.165) is 30.9 Å². The van der Waals surface area contributed by atoms with Crippen LogP contribution in [-0.4, -0.2) is 39.1 Å². The van der Waals surface area contributed by atoms with Crippen molar-refractivity contribution in [3.05, 3.63) is 18.2 Å². The molecule has 2 rings (SSSR count). The van der Waals surface area contributed by atoms with Crippen LogP contribution in [0, 0.1) is 0 Å². The average Bonchev–Trinajstić information content (AvgIpc) is 2.94. The summed E-state index contributed by atoms with van der Waals surface area (Å²) in [5.41, 5.74) is 7.40. The summed E-state index contributed by atoms with van der Waals surface area (Å²) >= 11 is 0. The number of rotatable bonds is 7. The lowest BCUT2D eigenvalue weighted by atomic mass is 10.0. The van der Waals surface area contributed by atoms with Gasteiger partial charge in [-0.05, 0) is 18.6 Å². The lowest BCUT2D eigenvalue weighted by molar-refractivity contribution is -0.00619. The summed E-state index contributed by atoms with van der Waals surface area (Å²) < 4.78 is 16.7. The lowest BCUT2D eigenvalue weighted by Crippen LogP contribution is -2.39. The van der Waals surface area contributed by atoms with Gasteiger partial charge in [-0.25, -0.2) is 0 Å². The fourth-order valence-electron chi connectivity index (χ4n) is 2.25. The minimum absolute atomic E-state index is 0.257. The molecule has 1 aromatic carbocycles. The molecule has 1 aliphatic heterocycles. The molecule has 0 spiro atoms. The third-order valence-electron chi connectivity index (χ3n) is 3.63. The van der Waals surface area contributed by atoms with Crippen LogP contribution in [0.5, 0.6) is 5.75 Å².